The first-order chi connectivity index (χ1) is 9.40. The SMILES string of the molecule is CC(CC(N)=O)NC(=O)c1ncccc1/C=C/C(=O)O. The van der Waals surface area contributed by atoms with Crippen molar-refractivity contribution in [2.75, 3.05) is 0 Å². The third-order valence-electron chi connectivity index (χ3n) is 2.34. The highest BCUT2D eigenvalue weighted by Crippen LogP contribution is 2.08. The van der Waals surface area contributed by atoms with Gasteiger partial charge in [-0.3, -0.25) is 14.6 Å². The van der Waals surface area contributed by atoms with E-state index in [-0.39, 0.29) is 12.1 Å². The predicted octanol–water partition coefficient (Wildman–Crippen LogP) is 0.173. The van der Waals surface area contributed by atoms with E-state index in [4.69, 9.17) is 10.8 Å². The molecule has 0 saturated carbocycles. The van der Waals surface area contributed by atoms with Gasteiger partial charge in [-0.05, 0) is 19.1 Å². The van der Waals surface area contributed by atoms with Gasteiger partial charge >= 0.3 is 5.97 Å². The zero-order valence-electron chi connectivity index (χ0n) is 10.9. The van der Waals surface area contributed by atoms with Gasteiger partial charge in [0.05, 0.1) is 0 Å². The summed E-state index contributed by atoms with van der Waals surface area (Å²) >= 11 is 0. The van der Waals surface area contributed by atoms with Crippen molar-refractivity contribution in [1.29, 1.82) is 0 Å². The smallest absolute Gasteiger partial charge is 0.328 e. The number of primary amides is 1. The number of rotatable bonds is 6. The number of aliphatic carboxylic acids is 1. The molecule has 1 unspecified atom stereocenters. The lowest BCUT2D eigenvalue weighted by Crippen LogP contribution is -2.36. The molecule has 7 heteroatoms. The zero-order valence-corrected chi connectivity index (χ0v) is 10.9. The van der Waals surface area contributed by atoms with E-state index in [0.717, 1.165) is 6.08 Å². The van der Waals surface area contributed by atoms with Gasteiger partial charge in [0.2, 0.25) is 5.91 Å². The standard InChI is InChI=1S/C13H15N3O4/c1-8(7-10(14)17)16-13(20)12-9(3-2-6-15-12)4-5-11(18)19/h2-6,8H,7H2,1H3,(H2,14,17)(H,16,20)(H,18,19)/b5-4+. The van der Waals surface area contributed by atoms with E-state index < -0.39 is 23.8 Å². The number of hydrogen-bond acceptors (Lipinski definition) is 4. The molecule has 2 amide bonds. The summed E-state index contributed by atoms with van der Waals surface area (Å²) in [6, 6.07) is 2.73. The van der Waals surface area contributed by atoms with Gasteiger partial charge in [-0.15, -0.1) is 0 Å². The third kappa shape index (κ3) is 4.89. The summed E-state index contributed by atoms with van der Waals surface area (Å²) in [6.45, 7) is 1.64. The topological polar surface area (TPSA) is 122 Å². The molecule has 1 aromatic heterocycles. The Hall–Kier alpha value is -2.70. The van der Waals surface area contributed by atoms with Gasteiger partial charge < -0.3 is 16.2 Å². The maximum atomic E-state index is 12.0. The number of carbonyl (C=O) groups excluding carboxylic acids is 2. The molecule has 0 spiro atoms. The fraction of sp³-hybridized carbons (Fsp3) is 0.231. The number of nitrogens with zero attached hydrogens (tertiary/aromatic N) is 1. The Bertz CT molecular complexity index is 554. The lowest BCUT2D eigenvalue weighted by molar-refractivity contribution is -0.131. The molecule has 1 heterocycles. The van der Waals surface area contributed by atoms with Crippen LogP contribution in [0.4, 0.5) is 0 Å². The number of carbonyl (C=O) groups is 3. The predicted molar refractivity (Wildman–Crippen MR) is 71.6 cm³/mol. The van der Waals surface area contributed by atoms with Crippen LogP contribution >= 0.6 is 0 Å². The maximum Gasteiger partial charge on any atom is 0.328 e. The van der Waals surface area contributed by atoms with Crippen LogP contribution in [0, 0.1) is 0 Å². The van der Waals surface area contributed by atoms with Crippen molar-refractivity contribution in [3.05, 3.63) is 35.7 Å². The summed E-state index contributed by atoms with van der Waals surface area (Å²) in [4.78, 5) is 37.2. The second-order valence-electron chi connectivity index (χ2n) is 4.16. The van der Waals surface area contributed by atoms with Crippen LogP contribution in [0.15, 0.2) is 24.4 Å². The number of aromatic nitrogens is 1. The number of pyridine rings is 1. The van der Waals surface area contributed by atoms with E-state index in [1.807, 2.05) is 0 Å². The van der Waals surface area contributed by atoms with E-state index in [2.05, 4.69) is 10.3 Å². The van der Waals surface area contributed by atoms with Crippen molar-refractivity contribution in [2.45, 2.75) is 19.4 Å². The molecule has 7 nitrogen and oxygen atoms in total. The fourth-order valence-corrected chi connectivity index (χ4v) is 1.55. The lowest BCUT2D eigenvalue weighted by Gasteiger charge is -2.12. The number of carboxylic acids is 1. The van der Waals surface area contributed by atoms with Crippen molar-refractivity contribution in [3.8, 4) is 0 Å². The minimum atomic E-state index is -1.12. The molecule has 0 saturated heterocycles. The summed E-state index contributed by atoms with van der Waals surface area (Å²) in [7, 11) is 0. The van der Waals surface area contributed by atoms with Crippen LogP contribution in [0.5, 0.6) is 0 Å². The normalized spacial score (nSPS) is 12.1. The molecule has 0 bridgehead atoms. The third-order valence-corrected chi connectivity index (χ3v) is 2.34. The molecule has 1 atom stereocenters. The highest BCUT2D eigenvalue weighted by molar-refractivity contribution is 5.97. The van der Waals surface area contributed by atoms with Crippen LogP contribution in [-0.4, -0.2) is 33.9 Å². The minimum absolute atomic E-state index is 0.0128. The van der Waals surface area contributed by atoms with Gasteiger partial charge in [-0.25, -0.2) is 4.79 Å². The first-order valence-corrected chi connectivity index (χ1v) is 5.85. The molecule has 0 aliphatic carbocycles. The van der Waals surface area contributed by atoms with E-state index in [1.54, 1.807) is 19.1 Å². The van der Waals surface area contributed by atoms with Crippen LogP contribution in [0.2, 0.25) is 0 Å². The van der Waals surface area contributed by atoms with Crippen molar-refractivity contribution >= 4 is 23.9 Å². The molecular weight excluding hydrogens is 262 g/mol. The number of carboxylic acid groups (broad SMARTS) is 1. The number of amides is 2. The van der Waals surface area contributed by atoms with Gasteiger partial charge in [0.15, 0.2) is 0 Å². The Balaban J connectivity index is 2.87. The van der Waals surface area contributed by atoms with Gasteiger partial charge in [0, 0.05) is 30.3 Å². The highest BCUT2D eigenvalue weighted by Gasteiger charge is 2.15. The lowest BCUT2D eigenvalue weighted by atomic mass is 10.1. The molecule has 0 fully saturated rings. The van der Waals surface area contributed by atoms with Gasteiger partial charge in [-0.2, -0.15) is 0 Å². The molecule has 0 aromatic carbocycles. The summed E-state index contributed by atoms with van der Waals surface area (Å²) in [5.41, 5.74) is 5.49. The molecule has 0 aliphatic heterocycles. The Labute approximate surface area is 115 Å². The Morgan fingerprint density at radius 3 is 2.80 bits per heavy atom. The Morgan fingerprint density at radius 1 is 1.50 bits per heavy atom. The second-order valence-corrected chi connectivity index (χ2v) is 4.16. The molecule has 4 N–H and O–H groups in total. The van der Waals surface area contributed by atoms with Crippen LogP contribution in [0.1, 0.15) is 29.4 Å². The first-order valence-electron chi connectivity index (χ1n) is 5.85. The van der Waals surface area contributed by atoms with E-state index >= 15 is 0 Å². The van der Waals surface area contributed by atoms with Crippen molar-refractivity contribution < 1.29 is 19.5 Å². The summed E-state index contributed by atoms with van der Waals surface area (Å²) in [5, 5.41) is 11.2. The van der Waals surface area contributed by atoms with Crippen LogP contribution < -0.4 is 11.1 Å². The second kappa shape index (κ2) is 7.03. The van der Waals surface area contributed by atoms with Gasteiger partial charge in [-0.1, -0.05) is 6.07 Å². The van der Waals surface area contributed by atoms with Crippen molar-refractivity contribution in [3.63, 3.8) is 0 Å². The first kappa shape index (κ1) is 15.4. The number of nitrogens with two attached hydrogens (primary N) is 1. The highest BCUT2D eigenvalue weighted by atomic mass is 16.4. The average Bonchev–Trinajstić information content (AvgIpc) is 2.35. The van der Waals surface area contributed by atoms with Crippen LogP contribution in [0.25, 0.3) is 6.08 Å². The van der Waals surface area contributed by atoms with Crippen molar-refractivity contribution in [1.82, 2.24) is 10.3 Å². The molecule has 1 rings (SSSR count). The van der Waals surface area contributed by atoms with E-state index in [0.29, 0.717) is 5.56 Å². The fourth-order valence-electron chi connectivity index (χ4n) is 1.55. The van der Waals surface area contributed by atoms with E-state index in [9.17, 15) is 14.4 Å². The van der Waals surface area contributed by atoms with Crippen LogP contribution in [-0.2, 0) is 9.59 Å². The average molecular weight is 277 g/mol. The molecule has 0 radical (unpaired) electrons. The van der Waals surface area contributed by atoms with Crippen molar-refractivity contribution in [2.24, 2.45) is 5.73 Å². The summed E-state index contributed by atoms with van der Waals surface area (Å²) < 4.78 is 0. The molecule has 20 heavy (non-hydrogen) atoms. The van der Waals surface area contributed by atoms with Gasteiger partial charge in [0.1, 0.15) is 5.69 Å². The Kier molecular flexibility index (Phi) is 5.40. The molecule has 106 valence electrons. The number of hydrogen-bond donors (Lipinski definition) is 3. The molecule has 1 aromatic rings. The quantitative estimate of drug-likeness (QED) is 0.640. The largest absolute Gasteiger partial charge is 0.478 e. The van der Waals surface area contributed by atoms with E-state index in [1.165, 1.54) is 12.3 Å². The minimum Gasteiger partial charge on any atom is -0.478 e. The summed E-state index contributed by atoms with van der Waals surface area (Å²) in [5.74, 6) is -2.14. The Morgan fingerprint density at radius 2 is 2.20 bits per heavy atom. The monoisotopic (exact) mass is 277 g/mol. The maximum absolute atomic E-state index is 12.0. The zero-order chi connectivity index (χ0) is 15.1. The number of nitrogens with one attached hydrogen (secondary N) is 1. The van der Waals surface area contributed by atoms with Gasteiger partial charge in [0.25, 0.3) is 5.91 Å². The molecule has 0 aliphatic rings. The van der Waals surface area contributed by atoms with Crippen LogP contribution in [0.3, 0.4) is 0 Å². The summed E-state index contributed by atoms with van der Waals surface area (Å²) in [6.07, 6.45) is 3.63. The molecular formula is C13H15N3O4.